The highest BCUT2D eigenvalue weighted by molar-refractivity contribution is 6.08. The Labute approximate surface area is 103 Å². The van der Waals surface area contributed by atoms with Crippen molar-refractivity contribution >= 4 is 17.6 Å². The highest BCUT2D eigenvalue weighted by Gasteiger charge is 2.15. The molecule has 0 atom stereocenters. The van der Waals surface area contributed by atoms with Crippen molar-refractivity contribution in [1.82, 2.24) is 9.97 Å². The number of aromatic nitrogens is 2. The van der Waals surface area contributed by atoms with Crippen LogP contribution in [-0.4, -0.2) is 21.8 Å². The number of imidazole rings is 1. The van der Waals surface area contributed by atoms with Crippen LogP contribution in [0.5, 0.6) is 0 Å². The Bertz CT molecular complexity index is 604. The van der Waals surface area contributed by atoms with E-state index in [1.165, 1.54) is 0 Å². The van der Waals surface area contributed by atoms with Gasteiger partial charge in [0.2, 0.25) is 0 Å². The first-order chi connectivity index (χ1) is 8.59. The second kappa shape index (κ2) is 4.70. The van der Waals surface area contributed by atoms with Gasteiger partial charge in [-0.25, -0.2) is 4.98 Å². The van der Waals surface area contributed by atoms with Crippen LogP contribution < -0.4 is 10.4 Å². The first kappa shape index (κ1) is 11.8. The Morgan fingerprint density at radius 3 is 2.72 bits per heavy atom. The molecule has 18 heavy (non-hydrogen) atoms. The topological polar surface area (TPSA) is 97.9 Å². The maximum atomic E-state index is 11.9. The van der Waals surface area contributed by atoms with Crippen LogP contribution in [0.2, 0.25) is 0 Å². The number of nitrogens with zero attached hydrogens (tertiary/aromatic N) is 1. The number of aromatic carboxylic acids is 1. The van der Waals surface area contributed by atoms with Crippen molar-refractivity contribution in [2.75, 3.05) is 5.32 Å². The molecule has 2 rings (SSSR count). The molecule has 0 saturated carbocycles. The summed E-state index contributed by atoms with van der Waals surface area (Å²) in [5.41, 5.74) is 0.950. The number of amides is 1. The molecule has 2 aromatic rings. The van der Waals surface area contributed by atoms with Crippen molar-refractivity contribution in [2.24, 2.45) is 0 Å². The van der Waals surface area contributed by atoms with Crippen molar-refractivity contribution in [3.8, 4) is 0 Å². The van der Waals surface area contributed by atoms with Crippen molar-refractivity contribution in [1.29, 1.82) is 0 Å². The fraction of sp³-hybridized carbons (Fsp3) is 0.0833. The number of carboxylic acids is 1. The Morgan fingerprint density at radius 2 is 2.06 bits per heavy atom. The number of carboxylic acid groups (broad SMARTS) is 1. The quantitative estimate of drug-likeness (QED) is 0.813. The van der Waals surface area contributed by atoms with Crippen molar-refractivity contribution < 1.29 is 14.7 Å². The highest BCUT2D eigenvalue weighted by Crippen LogP contribution is 2.14. The van der Waals surface area contributed by atoms with Gasteiger partial charge in [-0.1, -0.05) is 18.2 Å². The zero-order valence-electron chi connectivity index (χ0n) is 9.56. The molecule has 0 aliphatic carbocycles. The van der Waals surface area contributed by atoms with Gasteiger partial charge < -0.3 is 20.2 Å². The van der Waals surface area contributed by atoms with E-state index in [1.54, 1.807) is 12.1 Å². The van der Waals surface area contributed by atoms with Crippen molar-refractivity contribution in [2.45, 2.75) is 6.92 Å². The van der Waals surface area contributed by atoms with E-state index in [1.807, 2.05) is 19.1 Å². The van der Waals surface area contributed by atoms with Gasteiger partial charge >= 0.3 is 0 Å². The van der Waals surface area contributed by atoms with Crippen LogP contribution in [0, 0.1) is 6.92 Å². The minimum Gasteiger partial charge on any atom is -0.543 e. The van der Waals surface area contributed by atoms with Gasteiger partial charge in [0, 0.05) is 5.69 Å². The molecule has 2 N–H and O–H groups in total. The summed E-state index contributed by atoms with van der Waals surface area (Å²) < 4.78 is 0. The van der Waals surface area contributed by atoms with E-state index in [0.29, 0.717) is 5.69 Å². The average Bonchev–Trinajstić information content (AvgIpc) is 2.81. The SMILES string of the molecule is Cc1ccccc1NC(=O)c1nc[nH]c1C(=O)[O-]. The van der Waals surface area contributed by atoms with Crippen molar-refractivity contribution in [3.05, 3.63) is 47.5 Å². The van der Waals surface area contributed by atoms with Gasteiger partial charge in [0.15, 0.2) is 5.69 Å². The fourth-order valence-corrected chi connectivity index (χ4v) is 1.52. The summed E-state index contributed by atoms with van der Waals surface area (Å²) in [6.45, 7) is 1.83. The number of carbonyl (C=O) groups is 2. The zero-order chi connectivity index (χ0) is 13.1. The van der Waals surface area contributed by atoms with Gasteiger partial charge in [-0.3, -0.25) is 4.79 Å². The van der Waals surface area contributed by atoms with E-state index in [-0.39, 0.29) is 11.4 Å². The maximum Gasteiger partial charge on any atom is 0.276 e. The number of hydrogen-bond donors (Lipinski definition) is 2. The maximum absolute atomic E-state index is 11.9. The monoisotopic (exact) mass is 244 g/mol. The lowest BCUT2D eigenvalue weighted by Crippen LogP contribution is -2.26. The van der Waals surface area contributed by atoms with Gasteiger partial charge in [0.05, 0.1) is 18.0 Å². The summed E-state index contributed by atoms with van der Waals surface area (Å²) >= 11 is 0. The Hall–Kier alpha value is -2.63. The molecule has 0 saturated heterocycles. The molecule has 0 aliphatic rings. The van der Waals surface area contributed by atoms with Crippen LogP contribution in [0.25, 0.3) is 0 Å². The largest absolute Gasteiger partial charge is 0.543 e. The molecule has 0 fully saturated rings. The number of para-hydroxylation sites is 1. The molecule has 0 spiro atoms. The first-order valence-corrected chi connectivity index (χ1v) is 5.21. The van der Waals surface area contributed by atoms with E-state index >= 15 is 0 Å². The standard InChI is InChI=1S/C12H11N3O3/c1-7-4-2-3-5-8(7)15-11(16)9-10(12(17)18)14-6-13-9/h2-6H,1H3,(H,13,14)(H,15,16)(H,17,18)/p-1. The molecular formula is C12H10N3O3-. The second-order valence-electron chi connectivity index (χ2n) is 3.68. The summed E-state index contributed by atoms with van der Waals surface area (Å²) in [5.74, 6) is -2.06. The van der Waals surface area contributed by atoms with Gasteiger partial charge in [0.1, 0.15) is 0 Å². The number of aryl methyl sites for hydroxylation is 1. The van der Waals surface area contributed by atoms with Crippen LogP contribution in [-0.2, 0) is 0 Å². The molecular weight excluding hydrogens is 234 g/mol. The second-order valence-corrected chi connectivity index (χ2v) is 3.68. The van der Waals surface area contributed by atoms with Gasteiger partial charge in [-0.2, -0.15) is 0 Å². The zero-order valence-corrected chi connectivity index (χ0v) is 9.56. The summed E-state index contributed by atoms with van der Waals surface area (Å²) in [7, 11) is 0. The lowest BCUT2D eigenvalue weighted by Gasteiger charge is -2.08. The number of hydrogen-bond acceptors (Lipinski definition) is 4. The molecule has 0 radical (unpaired) electrons. The molecule has 1 heterocycles. The molecule has 1 amide bonds. The third-order valence-electron chi connectivity index (χ3n) is 2.45. The summed E-state index contributed by atoms with van der Waals surface area (Å²) in [4.78, 5) is 28.6. The highest BCUT2D eigenvalue weighted by atomic mass is 16.4. The molecule has 92 valence electrons. The third kappa shape index (κ3) is 2.22. The Morgan fingerprint density at radius 1 is 1.33 bits per heavy atom. The predicted octanol–water partition coefficient (Wildman–Crippen LogP) is 0.334. The smallest absolute Gasteiger partial charge is 0.276 e. The number of benzene rings is 1. The van der Waals surface area contributed by atoms with Crippen molar-refractivity contribution in [3.63, 3.8) is 0 Å². The minimum absolute atomic E-state index is 0.196. The van der Waals surface area contributed by atoms with E-state index in [4.69, 9.17) is 0 Å². The van der Waals surface area contributed by atoms with Crippen LogP contribution >= 0.6 is 0 Å². The van der Waals surface area contributed by atoms with Crippen LogP contribution in [0.4, 0.5) is 5.69 Å². The fourth-order valence-electron chi connectivity index (χ4n) is 1.52. The van der Waals surface area contributed by atoms with E-state index in [0.717, 1.165) is 11.9 Å². The lowest BCUT2D eigenvalue weighted by molar-refractivity contribution is -0.255. The number of carbonyl (C=O) groups excluding carboxylic acids is 2. The number of aromatic amines is 1. The van der Waals surface area contributed by atoms with Gasteiger partial charge in [-0.15, -0.1) is 0 Å². The van der Waals surface area contributed by atoms with Crippen LogP contribution in [0.3, 0.4) is 0 Å². The van der Waals surface area contributed by atoms with Gasteiger partial charge in [0.25, 0.3) is 5.91 Å². The van der Waals surface area contributed by atoms with E-state index in [9.17, 15) is 14.7 Å². The molecule has 1 aromatic carbocycles. The minimum atomic E-state index is -1.47. The molecule has 0 bridgehead atoms. The summed E-state index contributed by atoms with van der Waals surface area (Å²) in [6, 6.07) is 7.16. The van der Waals surface area contributed by atoms with Crippen LogP contribution in [0.1, 0.15) is 26.5 Å². The number of nitrogens with one attached hydrogen (secondary N) is 2. The third-order valence-corrected chi connectivity index (χ3v) is 2.45. The lowest BCUT2D eigenvalue weighted by atomic mass is 10.2. The van der Waals surface area contributed by atoms with E-state index < -0.39 is 11.9 Å². The molecule has 0 unspecified atom stereocenters. The van der Waals surface area contributed by atoms with E-state index in [2.05, 4.69) is 15.3 Å². The van der Waals surface area contributed by atoms with Crippen LogP contribution in [0.15, 0.2) is 30.6 Å². The average molecular weight is 244 g/mol. The molecule has 0 aliphatic heterocycles. The number of rotatable bonds is 3. The molecule has 6 nitrogen and oxygen atoms in total. The Balaban J connectivity index is 2.25. The number of H-pyrrole nitrogens is 1. The summed E-state index contributed by atoms with van der Waals surface area (Å²) in [5, 5.41) is 13.3. The first-order valence-electron chi connectivity index (χ1n) is 5.21. The summed E-state index contributed by atoms with van der Waals surface area (Å²) in [6.07, 6.45) is 1.14. The Kier molecular flexibility index (Phi) is 3.09. The molecule has 6 heteroatoms. The molecule has 1 aromatic heterocycles. The normalized spacial score (nSPS) is 10.1. The number of anilines is 1. The predicted molar refractivity (Wildman–Crippen MR) is 62.1 cm³/mol. The van der Waals surface area contributed by atoms with Gasteiger partial charge in [-0.05, 0) is 18.6 Å².